The highest BCUT2D eigenvalue weighted by molar-refractivity contribution is 4.93. The third kappa shape index (κ3) is 4.85. The highest BCUT2D eigenvalue weighted by Gasteiger charge is 1.94. The average molecular weight is 192 g/mol. The Morgan fingerprint density at radius 3 is 2.71 bits per heavy atom. The summed E-state index contributed by atoms with van der Waals surface area (Å²) in [6, 6.07) is 0. The molecule has 0 aliphatic rings. The number of rotatable bonds is 8. The summed E-state index contributed by atoms with van der Waals surface area (Å²) < 4.78 is 0. The Morgan fingerprint density at radius 2 is 2.00 bits per heavy atom. The third-order valence-electron chi connectivity index (χ3n) is 2.40. The molecule has 0 fully saturated rings. The van der Waals surface area contributed by atoms with Crippen LogP contribution in [0.4, 0.5) is 0 Å². The van der Waals surface area contributed by atoms with Gasteiger partial charge in [0.25, 0.3) is 0 Å². The summed E-state index contributed by atoms with van der Waals surface area (Å²) >= 11 is 0. The summed E-state index contributed by atoms with van der Waals surface area (Å²) in [7, 11) is 0. The van der Waals surface area contributed by atoms with E-state index in [1.807, 2.05) is 12.3 Å². The zero-order chi connectivity index (χ0) is 10.1. The van der Waals surface area contributed by atoms with E-state index in [-0.39, 0.29) is 0 Å². The molecule has 78 valence electrons. The highest BCUT2D eigenvalue weighted by atomic mass is 14.9. The van der Waals surface area contributed by atoms with E-state index in [0.717, 1.165) is 6.42 Å². The normalized spacial score (nSPS) is 10.3. The van der Waals surface area contributed by atoms with Gasteiger partial charge in [-0.15, -0.1) is 6.58 Å². The van der Waals surface area contributed by atoms with Gasteiger partial charge in [-0.3, -0.25) is 0 Å². The fraction of sp³-hybridized carbons (Fsp3) is 0.583. The second kappa shape index (κ2) is 7.36. The number of imidazole rings is 1. The Balaban J connectivity index is 1.87. The molecule has 1 aromatic rings. The minimum atomic E-state index is 1.12. The van der Waals surface area contributed by atoms with Gasteiger partial charge in [-0.2, -0.15) is 0 Å². The van der Waals surface area contributed by atoms with Gasteiger partial charge >= 0.3 is 0 Å². The van der Waals surface area contributed by atoms with Crippen molar-refractivity contribution in [1.29, 1.82) is 0 Å². The van der Waals surface area contributed by atoms with E-state index >= 15 is 0 Å². The second-order valence-electron chi connectivity index (χ2n) is 3.66. The Morgan fingerprint density at radius 1 is 1.21 bits per heavy atom. The summed E-state index contributed by atoms with van der Waals surface area (Å²) in [5.74, 6) is 0. The van der Waals surface area contributed by atoms with Crippen LogP contribution < -0.4 is 0 Å². The lowest BCUT2D eigenvalue weighted by atomic mass is 10.1. The minimum Gasteiger partial charge on any atom is -0.351 e. The standard InChI is InChI=1S/C12H20N2/c1-2-3-4-5-6-7-8-9-12-10-13-11-14-12/h2,10-11H,1,3-9H2,(H,13,14). The molecule has 0 atom stereocenters. The van der Waals surface area contributed by atoms with Crippen molar-refractivity contribution in [2.45, 2.75) is 44.9 Å². The number of nitrogens with one attached hydrogen (secondary N) is 1. The summed E-state index contributed by atoms with van der Waals surface area (Å²) in [6.07, 6.45) is 14.6. The maximum atomic E-state index is 4.19. The van der Waals surface area contributed by atoms with E-state index in [4.69, 9.17) is 0 Å². The predicted molar refractivity (Wildman–Crippen MR) is 60.2 cm³/mol. The molecule has 14 heavy (non-hydrogen) atoms. The van der Waals surface area contributed by atoms with E-state index in [2.05, 4.69) is 16.5 Å². The first-order valence-electron chi connectivity index (χ1n) is 5.52. The lowest BCUT2D eigenvalue weighted by Gasteiger charge is -1.98. The molecule has 0 aliphatic carbocycles. The second-order valence-corrected chi connectivity index (χ2v) is 3.66. The molecule has 0 saturated carbocycles. The summed E-state index contributed by atoms with van der Waals surface area (Å²) in [5, 5.41) is 0. The van der Waals surface area contributed by atoms with Crippen molar-refractivity contribution in [2.24, 2.45) is 0 Å². The number of nitrogens with zero attached hydrogens (tertiary/aromatic N) is 1. The van der Waals surface area contributed by atoms with Crippen molar-refractivity contribution in [3.63, 3.8) is 0 Å². The van der Waals surface area contributed by atoms with Crippen molar-refractivity contribution in [3.05, 3.63) is 30.9 Å². The Labute approximate surface area is 86.5 Å². The fourth-order valence-corrected chi connectivity index (χ4v) is 1.55. The van der Waals surface area contributed by atoms with Gasteiger partial charge in [0.05, 0.1) is 12.0 Å². The monoisotopic (exact) mass is 192 g/mol. The molecule has 0 radical (unpaired) electrons. The van der Waals surface area contributed by atoms with Crippen LogP contribution in [-0.4, -0.2) is 9.97 Å². The van der Waals surface area contributed by atoms with Crippen LogP contribution in [0.2, 0.25) is 0 Å². The van der Waals surface area contributed by atoms with Crippen molar-refractivity contribution >= 4 is 0 Å². The van der Waals surface area contributed by atoms with Gasteiger partial charge in [0, 0.05) is 6.20 Å². The Bertz CT molecular complexity index is 226. The summed E-state index contributed by atoms with van der Waals surface area (Å²) in [6.45, 7) is 3.72. The van der Waals surface area contributed by atoms with E-state index in [0.29, 0.717) is 0 Å². The molecule has 2 nitrogen and oxygen atoms in total. The Hall–Kier alpha value is -1.05. The zero-order valence-corrected chi connectivity index (χ0v) is 8.84. The van der Waals surface area contributed by atoms with Crippen molar-refractivity contribution in [3.8, 4) is 0 Å². The van der Waals surface area contributed by atoms with Gasteiger partial charge in [0.2, 0.25) is 0 Å². The van der Waals surface area contributed by atoms with Crippen molar-refractivity contribution in [2.75, 3.05) is 0 Å². The minimum absolute atomic E-state index is 1.12. The smallest absolute Gasteiger partial charge is 0.0923 e. The molecule has 0 amide bonds. The van der Waals surface area contributed by atoms with Crippen LogP contribution in [0.25, 0.3) is 0 Å². The van der Waals surface area contributed by atoms with Gasteiger partial charge in [0.15, 0.2) is 0 Å². The van der Waals surface area contributed by atoms with Crippen LogP contribution >= 0.6 is 0 Å². The summed E-state index contributed by atoms with van der Waals surface area (Å²) in [4.78, 5) is 7.17. The first kappa shape index (κ1) is 11.0. The zero-order valence-electron chi connectivity index (χ0n) is 8.84. The Kier molecular flexibility index (Phi) is 5.80. The van der Waals surface area contributed by atoms with Gasteiger partial charge in [-0.1, -0.05) is 25.3 Å². The number of aryl methyl sites for hydroxylation is 1. The number of aromatic amines is 1. The van der Waals surface area contributed by atoms with E-state index in [9.17, 15) is 0 Å². The maximum absolute atomic E-state index is 4.19. The topological polar surface area (TPSA) is 28.7 Å². The van der Waals surface area contributed by atoms with Crippen LogP contribution in [0.1, 0.15) is 44.2 Å². The number of aromatic nitrogens is 2. The molecule has 0 spiro atoms. The summed E-state index contributed by atoms with van der Waals surface area (Å²) in [5.41, 5.74) is 1.19. The molecule has 2 heteroatoms. The first-order valence-corrected chi connectivity index (χ1v) is 5.52. The third-order valence-corrected chi connectivity index (χ3v) is 2.40. The lowest BCUT2D eigenvalue weighted by molar-refractivity contribution is 0.615. The van der Waals surface area contributed by atoms with Crippen LogP contribution in [0.3, 0.4) is 0 Å². The van der Waals surface area contributed by atoms with E-state index < -0.39 is 0 Å². The number of hydrogen-bond donors (Lipinski definition) is 1. The van der Waals surface area contributed by atoms with Gasteiger partial charge in [-0.05, 0) is 25.7 Å². The molecule has 0 aliphatic heterocycles. The number of unbranched alkanes of at least 4 members (excludes halogenated alkanes) is 5. The molecular formula is C12H20N2. The molecule has 0 aromatic carbocycles. The van der Waals surface area contributed by atoms with Crippen LogP contribution in [0, 0.1) is 0 Å². The largest absolute Gasteiger partial charge is 0.351 e. The van der Waals surface area contributed by atoms with Crippen molar-refractivity contribution < 1.29 is 0 Å². The molecule has 0 unspecified atom stereocenters. The fourth-order valence-electron chi connectivity index (χ4n) is 1.55. The highest BCUT2D eigenvalue weighted by Crippen LogP contribution is 2.08. The lowest BCUT2D eigenvalue weighted by Crippen LogP contribution is -1.85. The molecule has 0 bridgehead atoms. The molecule has 1 N–H and O–H groups in total. The molecular weight excluding hydrogens is 172 g/mol. The van der Waals surface area contributed by atoms with E-state index in [1.165, 1.54) is 44.2 Å². The van der Waals surface area contributed by atoms with Crippen LogP contribution in [0.15, 0.2) is 25.2 Å². The molecule has 1 aromatic heterocycles. The average Bonchev–Trinajstić information content (AvgIpc) is 2.69. The number of allylic oxidation sites excluding steroid dienone is 1. The molecule has 0 saturated heterocycles. The van der Waals surface area contributed by atoms with Crippen LogP contribution in [-0.2, 0) is 6.42 Å². The number of H-pyrrole nitrogens is 1. The van der Waals surface area contributed by atoms with Gasteiger partial charge in [-0.25, -0.2) is 4.98 Å². The predicted octanol–water partition coefficient (Wildman–Crippen LogP) is 3.48. The first-order chi connectivity index (χ1) is 6.93. The molecule has 1 rings (SSSR count). The molecule has 1 heterocycles. The maximum Gasteiger partial charge on any atom is 0.0923 e. The van der Waals surface area contributed by atoms with Gasteiger partial charge in [0.1, 0.15) is 0 Å². The van der Waals surface area contributed by atoms with Gasteiger partial charge < -0.3 is 4.98 Å². The quantitative estimate of drug-likeness (QED) is 0.496. The van der Waals surface area contributed by atoms with Crippen LogP contribution in [0.5, 0.6) is 0 Å². The number of hydrogen-bond acceptors (Lipinski definition) is 1. The van der Waals surface area contributed by atoms with Crippen molar-refractivity contribution in [1.82, 2.24) is 9.97 Å². The SMILES string of the molecule is C=CCCCCCCCc1c[nH]cn1. The van der Waals surface area contributed by atoms with E-state index in [1.54, 1.807) is 6.33 Å².